The van der Waals surface area contributed by atoms with Crippen LogP contribution in [0.3, 0.4) is 0 Å². The zero-order chi connectivity index (χ0) is 45.4. The minimum Gasteiger partial charge on any atom is -0.488 e. The van der Waals surface area contributed by atoms with Crippen LogP contribution in [0, 0.1) is 17.1 Å². The molecule has 64 heavy (non-hydrogen) atoms. The molecular formula is C48H64ClFN5O8P. The molecule has 7 atom stereocenters. The van der Waals surface area contributed by atoms with Crippen molar-refractivity contribution in [1.29, 1.82) is 5.26 Å². The lowest BCUT2D eigenvalue weighted by atomic mass is 10.0. The Morgan fingerprint density at radius 3 is 2.23 bits per heavy atom. The summed E-state index contributed by atoms with van der Waals surface area (Å²) in [6.45, 7) is 7.40. The number of aromatic nitrogens is 3. The van der Waals surface area contributed by atoms with Gasteiger partial charge in [-0.15, -0.1) is 0 Å². The molecule has 7 rings (SSSR count). The predicted octanol–water partition coefficient (Wildman–Crippen LogP) is 12.4. The highest BCUT2D eigenvalue weighted by Gasteiger charge is 2.92. The van der Waals surface area contributed by atoms with Gasteiger partial charge in [-0.2, -0.15) is 10.4 Å². The molecule has 1 spiro atoms. The summed E-state index contributed by atoms with van der Waals surface area (Å²) >= 11 is 6.53. The van der Waals surface area contributed by atoms with Crippen molar-refractivity contribution in [2.24, 2.45) is 0 Å². The van der Waals surface area contributed by atoms with Crippen molar-refractivity contribution in [2.45, 2.75) is 178 Å². The van der Waals surface area contributed by atoms with Gasteiger partial charge < -0.3 is 29.2 Å². The first-order valence-electron chi connectivity index (χ1n) is 23.2. The summed E-state index contributed by atoms with van der Waals surface area (Å²) in [6, 6.07) is 16.0. The maximum absolute atomic E-state index is 15.1. The average molecular weight is 924 g/mol. The van der Waals surface area contributed by atoms with Gasteiger partial charge in [0, 0.05) is 6.07 Å². The molecule has 2 aromatic carbocycles. The molecule has 16 heteroatoms. The first kappa shape index (κ1) is 48.1. The number of fused-ring (bicyclic) bond motifs is 1. The van der Waals surface area contributed by atoms with Gasteiger partial charge in [0.2, 0.25) is 0 Å². The molecule has 0 amide bonds. The zero-order valence-corrected chi connectivity index (χ0v) is 39.3. The predicted molar refractivity (Wildman–Crippen MR) is 243 cm³/mol. The van der Waals surface area contributed by atoms with Gasteiger partial charge in [-0.1, -0.05) is 127 Å². The molecule has 2 aliphatic heterocycles. The van der Waals surface area contributed by atoms with E-state index in [0.29, 0.717) is 23.4 Å². The quantitative estimate of drug-likeness (QED) is 0.0446. The molecule has 4 aromatic rings. The number of phosphoric ester groups is 1. The number of para-hydroxylation sites is 1. The Balaban J connectivity index is 1.00. The fraction of sp³-hybridized carbons (Fsp3) is 0.604. The Morgan fingerprint density at radius 1 is 0.922 bits per heavy atom. The van der Waals surface area contributed by atoms with Gasteiger partial charge in [0.25, 0.3) is 0 Å². The monoisotopic (exact) mass is 923 g/mol. The fourth-order valence-corrected chi connectivity index (χ4v) is 11.1. The largest absolute Gasteiger partial charge is 0.530 e. The summed E-state index contributed by atoms with van der Waals surface area (Å²) < 4.78 is 76.2. The first-order chi connectivity index (χ1) is 30.8. The first-order valence-corrected chi connectivity index (χ1v) is 25.0. The summed E-state index contributed by atoms with van der Waals surface area (Å²) in [5.74, 6) is -1.14. The molecule has 13 nitrogen and oxygen atoms in total. The molecule has 1 aliphatic carbocycles. The fourth-order valence-electron chi connectivity index (χ4n) is 9.37. The van der Waals surface area contributed by atoms with Crippen LogP contribution in [-0.2, 0) is 27.8 Å². The van der Waals surface area contributed by atoms with Gasteiger partial charge in [0.15, 0.2) is 17.2 Å². The lowest BCUT2D eigenvalue weighted by molar-refractivity contribution is -0.186. The number of anilines is 1. The van der Waals surface area contributed by atoms with Gasteiger partial charge in [-0.3, -0.25) is 9.05 Å². The van der Waals surface area contributed by atoms with E-state index < -0.39 is 55.0 Å². The Kier molecular flexibility index (Phi) is 16.0. The molecule has 3 fully saturated rings. The molecule has 4 heterocycles. The second-order valence-electron chi connectivity index (χ2n) is 18.0. The number of phosphoric acid groups is 1. The number of unbranched alkanes of at least 4 members (excludes halogenated alkanes) is 15. The summed E-state index contributed by atoms with van der Waals surface area (Å²) in [7, 11) is -4.59. The number of nitrogen functional groups attached to an aromatic ring is 1. The van der Waals surface area contributed by atoms with Crippen molar-refractivity contribution < 1.29 is 41.5 Å². The van der Waals surface area contributed by atoms with Gasteiger partial charge in [0.05, 0.1) is 29.0 Å². The Morgan fingerprint density at radius 2 is 1.58 bits per heavy atom. The van der Waals surface area contributed by atoms with Crippen molar-refractivity contribution in [3.05, 3.63) is 83.0 Å². The molecule has 2 N–H and O–H groups in total. The van der Waals surface area contributed by atoms with E-state index in [2.05, 4.69) is 17.0 Å². The number of hydrogen-bond acceptors (Lipinski definition) is 12. The number of benzene rings is 2. The Labute approximate surface area is 382 Å². The van der Waals surface area contributed by atoms with Crippen molar-refractivity contribution in [1.82, 2.24) is 14.6 Å². The molecule has 2 unspecified atom stereocenters. The Bertz CT molecular complexity index is 2280. The zero-order valence-electron chi connectivity index (χ0n) is 37.6. The highest BCUT2D eigenvalue weighted by atomic mass is 35.5. The lowest BCUT2D eigenvalue weighted by Crippen LogP contribution is -2.33. The van der Waals surface area contributed by atoms with E-state index in [-0.39, 0.29) is 28.7 Å². The molecule has 0 bridgehead atoms. The van der Waals surface area contributed by atoms with E-state index in [1.165, 1.54) is 95.5 Å². The number of nitrogens with two attached hydrogens (primary N) is 1. The van der Waals surface area contributed by atoms with Crippen molar-refractivity contribution in [3.63, 3.8) is 0 Å². The van der Waals surface area contributed by atoms with Crippen molar-refractivity contribution in [2.75, 3.05) is 12.3 Å². The minimum atomic E-state index is -4.59. The van der Waals surface area contributed by atoms with Crippen LogP contribution in [0.15, 0.2) is 60.9 Å². The molecule has 0 radical (unpaired) electrons. The van der Waals surface area contributed by atoms with Crippen molar-refractivity contribution in [3.8, 4) is 17.6 Å². The third kappa shape index (κ3) is 11.1. The Hall–Kier alpha value is -3.80. The van der Waals surface area contributed by atoms with E-state index in [0.717, 1.165) is 31.7 Å². The number of hydrogen-bond donors (Lipinski definition) is 1. The third-order valence-electron chi connectivity index (χ3n) is 12.7. The lowest BCUT2D eigenvalue weighted by Gasteiger charge is -2.27. The van der Waals surface area contributed by atoms with Gasteiger partial charge in [-0.05, 0) is 70.0 Å². The van der Waals surface area contributed by atoms with E-state index >= 15 is 4.57 Å². The highest BCUT2D eigenvalue weighted by Crippen LogP contribution is 2.74. The molecule has 1 saturated carbocycles. The molecule has 2 aromatic heterocycles. The number of nitrogens with zero attached hydrogens (tertiary/aromatic N) is 4. The van der Waals surface area contributed by atoms with E-state index in [1.54, 1.807) is 42.6 Å². The third-order valence-corrected chi connectivity index (χ3v) is 14.3. The highest BCUT2D eigenvalue weighted by molar-refractivity contribution is 7.49. The van der Waals surface area contributed by atoms with Crippen molar-refractivity contribution >= 4 is 30.8 Å². The van der Waals surface area contributed by atoms with Crippen LogP contribution in [0.2, 0.25) is 5.02 Å². The second-order valence-corrected chi connectivity index (χ2v) is 20.0. The van der Waals surface area contributed by atoms with E-state index in [4.69, 9.17) is 49.9 Å². The maximum atomic E-state index is 15.1. The van der Waals surface area contributed by atoms with E-state index in [1.807, 2.05) is 25.1 Å². The van der Waals surface area contributed by atoms with Crippen LogP contribution < -0.4 is 15.0 Å². The molecule has 348 valence electrons. The van der Waals surface area contributed by atoms with Crippen LogP contribution in [0.4, 0.5) is 10.2 Å². The topological polar surface area (TPSA) is 162 Å². The van der Waals surface area contributed by atoms with Gasteiger partial charge in [-0.25, -0.2) is 18.5 Å². The average Bonchev–Trinajstić information content (AvgIpc) is 3.65. The minimum absolute atomic E-state index is 0.0798. The molecule has 2 saturated heterocycles. The van der Waals surface area contributed by atoms with Crippen LogP contribution in [0.5, 0.6) is 11.5 Å². The summed E-state index contributed by atoms with van der Waals surface area (Å²) in [6.07, 6.45) is 18.5. The summed E-state index contributed by atoms with van der Waals surface area (Å²) in [4.78, 5) is 4.11. The summed E-state index contributed by atoms with van der Waals surface area (Å²) in [5, 5.41) is 14.1. The number of nitriles is 1. The van der Waals surface area contributed by atoms with Crippen LogP contribution >= 0.6 is 19.4 Å². The smallest absolute Gasteiger partial charge is 0.488 e. The van der Waals surface area contributed by atoms with Crippen LogP contribution in [-0.4, -0.2) is 56.5 Å². The van der Waals surface area contributed by atoms with Crippen LogP contribution in [0.1, 0.15) is 154 Å². The van der Waals surface area contributed by atoms with E-state index in [9.17, 15) is 9.65 Å². The number of ether oxygens (including phenoxy) is 4. The van der Waals surface area contributed by atoms with Gasteiger partial charge in [0.1, 0.15) is 59.2 Å². The number of rotatable bonds is 27. The normalized spacial score (nSPS) is 24.5. The second kappa shape index (κ2) is 21.2. The van der Waals surface area contributed by atoms with Gasteiger partial charge >= 0.3 is 7.82 Å². The number of halogens is 2. The molecule has 3 aliphatic rings. The standard InChI is InChI=1S/C48H64ClFN5O8P/c1-5-6-7-8-9-10-11-12-13-14-15-16-17-18-19-20-23-36(58-37-29-34(31-51)28-35(50)30-37)32-57-64(56,61-41-25-22-21-24-38(41)49)62-45-47(4)48(45)43(60-46(2,3)63-48)42(59-47)39-26-27-40-44(52)53-33-54-55(39)40/h21-22,24-30,33,36,42-43,45H,5-20,23,32H2,1-4H3,(H2,52,53,54)/t36-,42-,43-,45?,47+,48+,64?/m0/s1. The molecular weight excluding hydrogens is 860 g/mol. The SMILES string of the molecule is CCCCCCCCCCCCCCCCCC[C@@H](COP(=O)(Oc1ccccc1Cl)OC1[C@@]2(C)O[C@@H](c3ccc4c(N)ncnn34)[C@@H]3OC(C)(C)O[C@@]132)Oc1cc(F)cc(C#N)c1. The maximum Gasteiger partial charge on any atom is 0.530 e. The summed E-state index contributed by atoms with van der Waals surface area (Å²) in [5.41, 5.74) is 5.12. The van der Waals surface area contributed by atoms with Crippen LogP contribution in [0.25, 0.3) is 5.52 Å².